The van der Waals surface area contributed by atoms with Crippen LogP contribution in [-0.2, 0) is 27.4 Å². The number of Topliss-reactive ketones (excluding diaryl/α,β-unsaturated/α-hetero) is 1. The largest absolute Gasteiger partial charge is 0.481 e. The molecule has 2 rings (SSSR count). The molecule has 0 aromatic heterocycles. The van der Waals surface area contributed by atoms with Crippen molar-refractivity contribution >= 4 is 23.5 Å². The van der Waals surface area contributed by atoms with E-state index in [1.807, 2.05) is 36.4 Å². The number of hydrogen-bond acceptors (Lipinski definition) is 5. The second-order valence-corrected chi connectivity index (χ2v) is 8.81. The third-order valence-corrected chi connectivity index (χ3v) is 6.34. The zero-order chi connectivity index (χ0) is 21.1. The summed E-state index contributed by atoms with van der Waals surface area (Å²) in [4.78, 5) is 22.8. The Balaban J connectivity index is 1.79. The van der Waals surface area contributed by atoms with Crippen molar-refractivity contribution < 1.29 is 24.5 Å². The van der Waals surface area contributed by atoms with Crippen molar-refractivity contribution in [3.8, 4) is 0 Å². The average Bonchev–Trinajstić information content (AvgIpc) is 3.03. The van der Waals surface area contributed by atoms with Gasteiger partial charge >= 0.3 is 5.97 Å². The number of methoxy groups -OCH3 is 1. The van der Waals surface area contributed by atoms with E-state index in [0.717, 1.165) is 35.5 Å². The van der Waals surface area contributed by atoms with Crippen LogP contribution in [0.3, 0.4) is 0 Å². The maximum Gasteiger partial charge on any atom is 0.303 e. The van der Waals surface area contributed by atoms with Gasteiger partial charge < -0.3 is 14.9 Å². The lowest BCUT2D eigenvalue weighted by Crippen LogP contribution is -2.15. The summed E-state index contributed by atoms with van der Waals surface area (Å²) in [6.07, 6.45) is 6.97. The minimum absolute atomic E-state index is 0.0236. The van der Waals surface area contributed by atoms with Crippen LogP contribution >= 0.6 is 11.8 Å². The zero-order valence-corrected chi connectivity index (χ0v) is 17.9. The number of rotatable bonds is 13. The minimum Gasteiger partial charge on any atom is -0.481 e. The third kappa shape index (κ3) is 8.72. The number of hydrogen-bond donors (Lipinski definition) is 2. The number of ether oxygens (including phenoxy) is 1. The molecule has 0 aliphatic heterocycles. The van der Waals surface area contributed by atoms with Crippen molar-refractivity contribution in [3.05, 3.63) is 47.5 Å². The number of carboxylic acid groups (broad SMARTS) is 1. The topological polar surface area (TPSA) is 83.8 Å². The molecule has 3 atom stereocenters. The lowest BCUT2D eigenvalue weighted by molar-refractivity contribution is -0.137. The van der Waals surface area contributed by atoms with Gasteiger partial charge in [0.1, 0.15) is 5.78 Å². The van der Waals surface area contributed by atoms with E-state index in [4.69, 9.17) is 9.84 Å². The number of aliphatic carboxylic acids is 1. The van der Waals surface area contributed by atoms with Gasteiger partial charge in [-0.15, -0.1) is 0 Å². The molecule has 1 fully saturated rings. The van der Waals surface area contributed by atoms with Crippen LogP contribution < -0.4 is 0 Å². The number of carboxylic acids is 1. The van der Waals surface area contributed by atoms with Crippen LogP contribution in [0.1, 0.15) is 43.2 Å². The normalized spacial score (nSPS) is 20.4. The van der Waals surface area contributed by atoms with E-state index in [1.165, 1.54) is 0 Å². The predicted molar refractivity (Wildman–Crippen MR) is 116 cm³/mol. The summed E-state index contributed by atoms with van der Waals surface area (Å²) in [5.41, 5.74) is 2.15. The van der Waals surface area contributed by atoms with Gasteiger partial charge in [0.05, 0.1) is 12.7 Å². The second-order valence-electron chi connectivity index (χ2n) is 7.58. The van der Waals surface area contributed by atoms with E-state index in [-0.39, 0.29) is 18.3 Å². The summed E-state index contributed by atoms with van der Waals surface area (Å²) >= 11 is 1.72. The van der Waals surface area contributed by atoms with E-state index < -0.39 is 12.1 Å². The summed E-state index contributed by atoms with van der Waals surface area (Å²) in [5, 5.41) is 19.1. The average molecular weight is 421 g/mol. The number of thioether (sulfide) groups is 1. The predicted octanol–water partition coefficient (Wildman–Crippen LogP) is 3.88. The standard InChI is InChI=1S/C23H32O5S/c1-28-16-18-5-2-4-17(14-18)15-20(24)9-7-19-8-10-22(25)21(19)11-13-29-12-3-6-23(26)27/h2,4-5,7,9,14,19-21,24H,3,6,8,10-13,15-16H2,1H3,(H,26,27)/b9-7+/t19-,20-,21-/m1/s1. The molecule has 0 saturated heterocycles. The van der Waals surface area contributed by atoms with E-state index in [1.54, 1.807) is 18.9 Å². The molecule has 1 aliphatic rings. The van der Waals surface area contributed by atoms with Crippen molar-refractivity contribution in [1.82, 2.24) is 0 Å². The van der Waals surface area contributed by atoms with E-state index >= 15 is 0 Å². The molecule has 0 bridgehead atoms. The summed E-state index contributed by atoms with van der Waals surface area (Å²) in [7, 11) is 1.66. The minimum atomic E-state index is -0.759. The van der Waals surface area contributed by atoms with Crippen LogP contribution in [0.5, 0.6) is 0 Å². The van der Waals surface area contributed by atoms with Gasteiger partial charge in [-0.3, -0.25) is 9.59 Å². The SMILES string of the molecule is COCc1cccc(C[C@H](O)/C=C/[C@@H]2CCC(=O)[C@@H]2CCSCCCC(=O)O)c1. The maximum atomic E-state index is 12.2. The van der Waals surface area contributed by atoms with E-state index in [0.29, 0.717) is 31.7 Å². The molecule has 0 spiro atoms. The van der Waals surface area contributed by atoms with Crippen molar-refractivity contribution in [3.63, 3.8) is 0 Å². The molecular formula is C23H32O5S. The lowest BCUT2D eigenvalue weighted by atomic mass is 9.92. The molecule has 1 aliphatic carbocycles. The molecule has 5 nitrogen and oxygen atoms in total. The highest BCUT2D eigenvalue weighted by molar-refractivity contribution is 7.99. The second kappa shape index (κ2) is 12.8. The van der Waals surface area contributed by atoms with Crippen LogP contribution in [0, 0.1) is 11.8 Å². The van der Waals surface area contributed by atoms with E-state index in [2.05, 4.69) is 0 Å². The molecule has 1 aromatic rings. The first kappa shape index (κ1) is 23.6. The number of aliphatic hydroxyl groups is 1. The van der Waals surface area contributed by atoms with Gasteiger partial charge in [0.15, 0.2) is 0 Å². The van der Waals surface area contributed by atoms with Crippen molar-refractivity contribution in [2.75, 3.05) is 18.6 Å². The quantitative estimate of drug-likeness (QED) is 0.372. The number of benzene rings is 1. The Morgan fingerprint density at radius 1 is 1.34 bits per heavy atom. The molecule has 29 heavy (non-hydrogen) atoms. The lowest BCUT2D eigenvalue weighted by Gasteiger charge is -2.15. The fraction of sp³-hybridized carbons (Fsp3) is 0.565. The van der Waals surface area contributed by atoms with E-state index in [9.17, 15) is 14.7 Å². The highest BCUT2D eigenvalue weighted by Crippen LogP contribution is 2.33. The number of carbonyl (C=O) groups is 2. The molecule has 0 radical (unpaired) electrons. The van der Waals surface area contributed by atoms with Gasteiger partial charge in [-0.1, -0.05) is 36.4 Å². The molecular weight excluding hydrogens is 388 g/mol. The molecule has 0 amide bonds. The van der Waals surface area contributed by atoms with Gasteiger partial charge in [0, 0.05) is 32.3 Å². The van der Waals surface area contributed by atoms with Gasteiger partial charge in [-0.2, -0.15) is 11.8 Å². The Bertz CT molecular complexity index is 688. The van der Waals surface area contributed by atoms with Crippen molar-refractivity contribution in [2.24, 2.45) is 11.8 Å². The maximum absolute atomic E-state index is 12.2. The summed E-state index contributed by atoms with van der Waals surface area (Å²) < 4.78 is 5.15. The summed E-state index contributed by atoms with van der Waals surface area (Å²) in [6, 6.07) is 8.02. The number of aliphatic hydroxyl groups excluding tert-OH is 1. The Kier molecular flexibility index (Phi) is 10.5. The Labute approximate surface area is 177 Å². The summed E-state index contributed by atoms with van der Waals surface area (Å²) in [6.45, 7) is 0.556. The van der Waals surface area contributed by atoms with Gasteiger partial charge in [-0.25, -0.2) is 0 Å². The van der Waals surface area contributed by atoms with Crippen molar-refractivity contribution in [1.29, 1.82) is 0 Å². The zero-order valence-electron chi connectivity index (χ0n) is 17.1. The monoisotopic (exact) mass is 420 g/mol. The van der Waals surface area contributed by atoms with Crippen LogP contribution in [0.4, 0.5) is 0 Å². The molecule has 0 unspecified atom stereocenters. The van der Waals surface area contributed by atoms with Crippen molar-refractivity contribution in [2.45, 2.75) is 51.2 Å². The van der Waals surface area contributed by atoms with Gasteiger partial charge in [0.2, 0.25) is 0 Å². The van der Waals surface area contributed by atoms with Crippen LogP contribution in [0.2, 0.25) is 0 Å². The number of allylic oxidation sites excluding steroid dienone is 1. The molecule has 1 saturated carbocycles. The van der Waals surface area contributed by atoms with Gasteiger partial charge in [0.25, 0.3) is 0 Å². The number of carbonyl (C=O) groups excluding carboxylic acids is 1. The molecule has 160 valence electrons. The highest BCUT2D eigenvalue weighted by atomic mass is 32.2. The van der Waals surface area contributed by atoms with Crippen LogP contribution in [0.15, 0.2) is 36.4 Å². The first-order valence-electron chi connectivity index (χ1n) is 10.2. The smallest absolute Gasteiger partial charge is 0.303 e. The number of ketones is 1. The molecule has 2 N–H and O–H groups in total. The Hall–Kier alpha value is -1.63. The fourth-order valence-corrected chi connectivity index (χ4v) is 4.74. The molecule has 1 aromatic carbocycles. The fourth-order valence-electron chi connectivity index (χ4n) is 3.77. The first-order valence-corrected chi connectivity index (χ1v) is 11.4. The van der Waals surface area contributed by atoms with Crippen LogP contribution in [-0.4, -0.2) is 46.7 Å². The summed E-state index contributed by atoms with van der Waals surface area (Å²) in [5.74, 6) is 1.45. The third-order valence-electron chi connectivity index (χ3n) is 5.23. The van der Waals surface area contributed by atoms with Gasteiger partial charge in [-0.05, 0) is 47.8 Å². The Morgan fingerprint density at radius 2 is 2.14 bits per heavy atom. The molecule has 0 heterocycles. The van der Waals surface area contributed by atoms with Crippen LogP contribution in [0.25, 0.3) is 0 Å². The first-order chi connectivity index (χ1) is 14.0. The highest BCUT2D eigenvalue weighted by Gasteiger charge is 2.32. The molecule has 6 heteroatoms. The Morgan fingerprint density at radius 3 is 2.90 bits per heavy atom.